The number of rotatable bonds is 7. The molecule has 0 aromatic heterocycles. The number of hydrogen-bond acceptors (Lipinski definition) is 4. The molecule has 2 unspecified atom stereocenters. The van der Waals surface area contributed by atoms with Crippen LogP contribution < -0.4 is 5.32 Å². The molecule has 2 rings (SSSR count). The Morgan fingerprint density at radius 3 is 2.07 bits per heavy atom. The van der Waals surface area contributed by atoms with E-state index in [1.54, 1.807) is 31.3 Å². The van der Waals surface area contributed by atoms with Gasteiger partial charge in [0.15, 0.2) is 5.78 Å². The normalized spacial score (nSPS) is 11.6. The minimum atomic E-state index is -0.748. The molecule has 0 spiro atoms. The molecular formula is C22H28NO4Pb. The molecule has 6 heteroatoms. The molecule has 0 aliphatic heterocycles. The van der Waals surface area contributed by atoms with E-state index < -0.39 is 5.97 Å². The van der Waals surface area contributed by atoms with Crippen LogP contribution in [0, 0.1) is 0 Å². The van der Waals surface area contributed by atoms with E-state index in [0.29, 0.717) is 11.1 Å². The third kappa shape index (κ3) is 8.88. The minimum absolute atomic E-state index is 0.0180. The van der Waals surface area contributed by atoms with Gasteiger partial charge < -0.3 is 4.79 Å². The second kappa shape index (κ2) is 15.1. The van der Waals surface area contributed by atoms with Crippen molar-refractivity contribution in [3.05, 3.63) is 71.3 Å². The molecule has 0 aliphatic carbocycles. The van der Waals surface area contributed by atoms with Gasteiger partial charge in [-0.25, -0.2) is 0 Å². The number of carbonyl (C=O) groups is 3. The number of likely N-dealkylation sites (N-methyl/N-ethyl adjacent to an activating group) is 1. The molecule has 0 heterocycles. The summed E-state index contributed by atoms with van der Waals surface area (Å²) in [6.45, 7) is 5.82. The first-order valence-corrected chi connectivity index (χ1v) is 11.9. The summed E-state index contributed by atoms with van der Waals surface area (Å²) in [6.07, 6.45) is 0.881. The molecule has 3 radical (unpaired) electrons. The number of aldehydes is 1. The van der Waals surface area contributed by atoms with Crippen LogP contribution in [0.1, 0.15) is 48.2 Å². The van der Waals surface area contributed by atoms with Gasteiger partial charge in [-0.15, -0.1) is 0 Å². The summed E-state index contributed by atoms with van der Waals surface area (Å²) in [4.78, 5) is 33.1. The molecule has 2 atom stereocenters. The van der Waals surface area contributed by atoms with E-state index in [1.165, 1.54) is 0 Å². The van der Waals surface area contributed by atoms with Crippen LogP contribution in [0.5, 0.6) is 0 Å². The van der Waals surface area contributed by atoms with E-state index in [9.17, 15) is 14.4 Å². The quantitative estimate of drug-likeness (QED) is 0.299. The number of aliphatic carboxylic acids is 1. The zero-order chi connectivity index (χ0) is 21.5. The first-order valence-electron chi connectivity index (χ1n) is 9.14. The second-order valence-electron chi connectivity index (χ2n) is 5.63. The van der Waals surface area contributed by atoms with Gasteiger partial charge in [0.1, 0.15) is 6.29 Å². The molecule has 0 fully saturated rings. The van der Waals surface area contributed by atoms with E-state index >= 15 is 0 Å². The number of carboxylic acid groups (broad SMARTS) is 1. The number of ketones is 1. The van der Waals surface area contributed by atoms with Crippen molar-refractivity contribution in [3.8, 4) is 0 Å². The van der Waals surface area contributed by atoms with E-state index in [0.717, 1.165) is 41.6 Å². The van der Waals surface area contributed by atoms with Gasteiger partial charge in [-0.3, -0.25) is 4.79 Å². The van der Waals surface area contributed by atoms with Crippen molar-refractivity contribution >= 4 is 43.8 Å². The van der Waals surface area contributed by atoms with Crippen molar-refractivity contribution in [2.24, 2.45) is 0 Å². The second-order valence-corrected chi connectivity index (χ2v) is 7.22. The zero-order valence-corrected chi connectivity index (χ0v) is 20.7. The van der Waals surface area contributed by atoms with Crippen molar-refractivity contribution in [2.45, 2.75) is 36.7 Å². The van der Waals surface area contributed by atoms with Gasteiger partial charge in [0.2, 0.25) is 0 Å². The van der Waals surface area contributed by atoms with Gasteiger partial charge in [0.05, 0.1) is 0 Å². The Bertz CT molecular complexity index is 730. The fourth-order valence-corrected chi connectivity index (χ4v) is 3.58. The Balaban J connectivity index is 0.000000618. The van der Waals surface area contributed by atoms with Crippen LogP contribution in [0.4, 0.5) is 0 Å². The fraction of sp³-hybridized carbons (Fsp3) is 0.318. The number of nitrogens with one attached hydrogen (secondary N) is 1. The van der Waals surface area contributed by atoms with Crippen molar-refractivity contribution in [2.75, 3.05) is 7.05 Å². The van der Waals surface area contributed by atoms with E-state index in [1.807, 2.05) is 51.1 Å². The van der Waals surface area contributed by atoms with Crippen molar-refractivity contribution in [3.63, 3.8) is 0 Å². The summed E-state index contributed by atoms with van der Waals surface area (Å²) in [5, 5.41) is 11.0. The summed E-state index contributed by atoms with van der Waals surface area (Å²) in [5.41, 5.74) is 2.15. The molecule has 28 heavy (non-hydrogen) atoms. The molecule has 0 bridgehead atoms. The standard InChI is InChI=1S/C16H14O2.C4H8NO2.C2H6.Pb/c1-12(11-17)14-8-5-9-15(10-14)16(18)13-6-3-2-4-7-13;1-3(5-2)4(6)7;1-2;/h2-12H,1H3;3,5H,1H2,2H3,(H,6,7);1-2H3;. The number of carbonyl (C=O) groups excluding carboxylic acids is 2. The molecule has 5 nitrogen and oxygen atoms in total. The van der Waals surface area contributed by atoms with Crippen LogP contribution in [-0.4, -0.2) is 62.0 Å². The first-order chi connectivity index (χ1) is 13.4. The van der Waals surface area contributed by atoms with Crippen molar-refractivity contribution in [1.29, 1.82) is 0 Å². The monoisotopic (exact) mass is 578 g/mol. The van der Waals surface area contributed by atoms with Crippen molar-refractivity contribution < 1.29 is 19.5 Å². The van der Waals surface area contributed by atoms with Crippen LogP contribution in [0.15, 0.2) is 54.6 Å². The number of benzene rings is 2. The maximum atomic E-state index is 12.2. The van der Waals surface area contributed by atoms with Crippen molar-refractivity contribution in [1.82, 2.24) is 5.32 Å². The molecule has 0 saturated heterocycles. The van der Waals surface area contributed by atoms with Gasteiger partial charge in [-0.05, 0) is 11.6 Å². The van der Waals surface area contributed by atoms with Crippen LogP contribution >= 0.6 is 0 Å². The van der Waals surface area contributed by atoms with E-state index in [-0.39, 0.29) is 17.7 Å². The Morgan fingerprint density at radius 2 is 1.64 bits per heavy atom. The van der Waals surface area contributed by atoms with Crippen LogP contribution in [-0.2, 0) is 9.59 Å². The SMILES string of the molecule is CC.CC(C=O)c1cccc(C(=O)c2ccccc2)c1.CNC([CH2][Pb])C(=O)O. The van der Waals surface area contributed by atoms with Crippen LogP contribution in [0.25, 0.3) is 0 Å². The molecule has 0 aliphatic rings. The van der Waals surface area contributed by atoms with Gasteiger partial charge in [0, 0.05) is 17.0 Å². The third-order valence-electron chi connectivity index (χ3n) is 3.77. The first kappa shape index (κ1) is 26.1. The zero-order valence-electron chi connectivity index (χ0n) is 16.8. The van der Waals surface area contributed by atoms with Crippen LogP contribution in [0.2, 0.25) is 3.98 Å². The van der Waals surface area contributed by atoms with E-state index in [4.69, 9.17) is 5.11 Å². The summed E-state index contributed by atoms with van der Waals surface area (Å²) in [5.74, 6) is -0.952. The molecular weight excluding hydrogens is 549 g/mol. The Labute approximate surface area is 183 Å². The summed E-state index contributed by atoms with van der Waals surface area (Å²) < 4.78 is 0.770. The van der Waals surface area contributed by atoms with Gasteiger partial charge >= 0.3 is 64.0 Å². The van der Waals surface area contributed by atoms with Gasteiger partial charge in [-0.2, -0.15) is 0 Å². The average Bonchev–Trinajstić information content (AvgIpc) is 2.76. The third-order valence-corrected chi connectivity index (χ3v) is 5.35. The van der Waals surface area contributed by atoms with Crippen LogP contribution in [0.3, 0.4) is 0 Å². The summed E-state index contributed by atoms with van der Waals surface area (Å²) in [7, 11) is 1.66. The molecule has 2 aromatic rings. The van der Waals surface area contributed by atoms with E-state index in [2.05, 4.69) is 5.32 Å². The average molecular weight is 578 g/mol. The Kier molecular flexibility index (Phi) is 14.1. The summed E-state index contributed by atoms with van der Waals surface area (Å²) in [6, 6.07) is 16.0. The number of carboxylic acids is 1. The molecule has 2 aromatic carbocycles. The van der Waals surface area contributed by atoms with Gasteiger partial charge in [0.25, 0.3) is 0 Å². The molecule has 149 valence electrons. The Hall–Kier alpha value is -1.87. The maximum absolute atomic E-state index is 12.2. The number of hydrogen-bond donors (Lipinski definition) is 2. The predicted octanol–water partition coefficient (Wildman–Crippen LogP) is 3.49. The molecule has 0 amide bonds. The van der Waals surface area contributed by atoms with Gasteiger partial charge in [-0.1, -0.05) is 69.3 Å². The molecule has 0 saturated carbocycles. The predicted molar refractivity (Wildman–Crippen MR) is 113 cm³/mol. The summed E-state index contributed by atoms with van der Waals surface area (Å²) >= 11 is 0.936. The topological polar surface area (TPSA) is 83.5 Å². The fourth-order valence-electron chi connectivity index (χ4n) is 2.11. The Morgan fingerprint density at radius 1 is 1.07 bits per heavy atom. The molecule has 2 N–H and O–H groups in total.